The fraction of sp³-hybridized carbons (Fsp3) is 0.273. The number of amides is 2. The highest BCUT2D eigenvalue weighted by atomic mass is 32.2. The normalized spacial score (nSPS) is 13.8. The molecule has 2 aromatic carbocycles. The monoisotopic (exact) mass is 453 g/mol. The van der Waals surface area contributed by atoms with E-state index in [-0.39, 0.29) is 30.2 Å². The van der Waals surface area contributed by atoms with Gasteiger partial charge in [0.1, 0.15) is 11.5 Å². The molecule has 0 bridgehead atoms. The van der Waals surface area contributed by atoms with Crippen molar-refractivity contribution < 1.29 is 19.1 Å². The molecule has 0 spiro atoms. The van der Waals surface area contributed by atoms with Gasteiger partial charge >= 0.3 is 0 Å². The van der Waals surface area contributed by atoms with Crippen molar-refractivity contribution in [3.05, 3.63) is 54.4 Å². The Hall–Kier alpha value is -3.53. The van der Waals surface area contributed by atoms with Crippen LogP contribution in [0.15, 0.2) is 53.7 Å². The molecular weight excluding hydrogens is 430 g/mol. The number of nitrogens with zero attached hydrogens (tertiary/aromatic N) is 4. The zero-order chi connectivity index (χ0) is 22.7. The largest absolute Gasteiger partial charge is 0.497 e. The first-order valence-corrected chi connectivity index (χ1v) is 11.0. The third-order valence-electron chi connectivity index (χ3n) is 5.06. The Morgan fingerprint density at radius 3 is 2.88 bits per heavy atom. The van der Waals surface area contributed by atoms with Gasteiger partial charge in [0.05, 0.1) is 24.6 Å². The molecule has 0 saturated heterocycles. The van der Waals surface area contributed by atoms with E-state index in [9.17, 15) is 9.59 Å². The van der Waals surface area contributed by atoms with Gasteiger partial charge in [-0.05, 0) is 31.2 Å². The zero-order valence-electron chi connectivity index (χ0n) is 17.9. The second-order valence-electron chi connectivity index (χ2n) is 7.16. The third-order valence-corrected chi connectivity index (χ3v) is 6.08. The summed E-state index contributed by atoms with van der Waals surface area (Å²) >= 11 is 1.27. The molecule has 0 unspecified atom stereocenters. The smallest absolute Gasteiger partial charge is 0.265 e. The molecule has 1 N–H and O–H groups in total. The standard InChI is InChI=1S/C22H23N5O4S/c1-14(27-17-9-4-5-10-18(17)31-12-20(27)29)21-24-25-22(26(21)2)32-13-19(28)23-15-7-6-8-16(11-15)30-3/h4-11,14H,12-13H2,1-3H3,(H,23,28)/t14-/m0/s1. The second-order valence-corrected chi connectivity index (χ2v) is 8.11. The first-order valence-electron chi connectivity index (χ1n) is 9.98. The number of nitrogens with one attached hydrogen (secondary N) is 1. The SMILES string of the molecule is COc1cccc(NC(=O)CSc2nnc([C@H](C)N3C(=O)COc4ccccc43)n2C)c1. The number of rotatable bonds is 7. The van der Waals surface area contributed by atoms with Gasteiger partial charge in [0.15, 0.2) is 17.6 Å². The lowest BCUT2D eigenvalue weighted by atomic mass is 10.1. The molecule has 0 aliphatic carbocycles. The number of para-hydroxylation sites is 2. The molecule has 2 heterocycles. The molecule has 1 aromatic heterocycles. The molecule has 3 aromatic rings. The highest BCUT2D eigenvalue weighted by molar-refractivity contribution is 7.99. The van der Waals surface area contributed by atoms with Crippen molar-refractivity contribution in [2.75, 3.05) is 29.7 Å². The number of benzene rings is 2. The molecule has 1 atom stereocenters. The molecule has 2 amide bonds. The number of ether oxygens (including phenoxy) is 2. The van der Waals surface area contributed by atoms with Crippen LogP contribution < -0.4 is 19.7 Å². The molecule has 0 saturated carbocycles. The molecule has 10 heteroatoms. The van der Waals surface area contributed by atoms with Gasteiger partial charge in [-0.25, -0.2) is 0 Å². The number of methoxy groups -OCH3 is 1. The van der Waals surface area contributed by atoms with Crippen LogP contribution in [0.1, 0.15) is 18.8 Å². The van der Waals surface area contributed by atoms with Crippen LogP contribution in [0.5, 0.6) is 11.5 Å². The van der Waals surface area contributed by atoms with E-state index in [2.05, 4.69) is 15.5 Å². The van der Waals surface area contributed by atoms with E-state index in [1.807, 2.05) is 50.4 Å². The average Bonchev–Trinajstić information content (AvgIpc) is 3.17. The highest BCUT2D eigenvalue weighted by Gasteiger charge is 2.32. The molecule has 9 nitrogen and oxygen atoms in total. The maximum atomic E-state index is 12.6. The highest BCUT2D eigenvalue weighted by Crippen LogP contribution is 2.37. The molecule has 1 aliphatic rings. The number of anilines is 2. The van der Waals surface area contributed by atoms with Crippen molar-refractivity contribution in [3.63, 3.8) is 0 Å². The van der Waals surface area contributed by atoms with Crippen LogP contribution in [0, 0.1) is 0 Å². The minimum atomic E-state index is -0.356. The van der Waals surface area contributed by atoms with Gasteiger partial charge in [-0.2, -0.15) is 0 Å². The van der Waals surface area contributed by atoms with Gasteiger partial charge in [-0.3, -0.25) is 14.5 Å². The van der Waals surface area contributed by atoms with Gasteiger partial charge in [0.2, 0.25) is 5.91 Å². The summed E-state index contributed by atoms with van der Waals surface area (Å²) in [5, 5.41) is 11.9. The van der Waals surface area contributed by atoms with E-state index < -0.39 is 0 Å². The summed E-state index contributed by atoms with van der Waals surface area (Å²) in [5.74, 6) is 1.79. The van der Waals surface area contributed by atoms with Crippen LogP contribution in [-0.4, -0.2) is 46.0 Å². The van der Waals surface area contributed by atoms with Crippen LogP contribution in [-0.2, 0) is 16.6 Å². The maximum Gasteiger partial charge on any atom is 0.265 e. The number of fused-ring (bicyclic) bond motifs is 1. The number of aromatic nitrogens is 3. The van der Waals surface area contributed by atoms with E-state index in [1.54, 1.807) is 28.7 Å². The summed E-state index contributed by atoms with van der Waals surface area (Å²) < 4.78 is 12.5. The van der Waals surface area contributed by atoms with Crippen LogP contribution >= 0.6 is 11.8 Å². The fourth-order valence-electron chi connectivity index (χ4n) is 3.51. The molecule has 166 valence electrons. The van der Waals surface area contributed by atoms with Crippen LogP contribution in [0.2, 0.25) is 0 Å². The number of hydrogen-bond donors (Lipinski definition) is 1. The number of carbonyl (C=O) groups is 2. The second kappa shape index (κ2) is 9.31. The molecule has 1 aliphatic heterocycles. The molecule has 0 radical (unpaired) electrons. The Bertz CT molecular complexity index is 1150. The van der Waals surface area contributed by atoms with E-state index in [0.717, 1.165) is 0 Å². The van der Waals surface area contributed by atoms with E-state index >= 15 is 0 Å². The molecule has 32 heavy (non-hydrogen) atoms. The Morgan fingerprint density at radius 2 is 2.06 bits per heavy atom. The quantitative estimate of drug-likeness (QED) is 0.549. The van der Waals surface area contributed by atoms with E-state index in [0.29, 0.717) is 33.9 Å². The first kappa shape index (κ1) is 21.7. The Morgan fingerprint density at radius 1 is 1.25 bits per heavy atom. The Balaban J connectivity index is 1.44. The fourth-order valence-corrected chi connectivity index (χ4v) is 4.22. The van der Waals surface area contributed by atoms with Gasteiger partial charge in [-0.15, -0.1) is 10.2 Å². The molecule has 0 fully saturated rings. The van der Waals surface area contributed by atoms with Crippen LogP contribution in [0.25, 0.3) is 0 Å². The Labute approximate surface area is 189 Å². The summed E-state index contributed by atoms with van der Waals surface area (Å²) in [5.41, 5.74) is 1.36. The van der Waals surface area contributed by atoms with Gasteiger partial charge in [0, 0.05) is 18.8 Å². The Kier molecular flexibility index (Phi) is 6.31. The van der Waals surface area contributed by atoms with Crippen molar-refractivity contribution in [1.29, 1.82) is 0 Å². The molecule has 4 rings (SSSR count). The summed E-state index contributed by atoms with van der Waals surface area (Å²) in [6, 6.07) is 14.2. The van der Waals surface area contributed by atoms with Gasteiger partial charge in [-0.1, -0.05) is 30.0 Å². The number of carbonyl (C=O) groups excluding carboxylic acids is 2. The summed E-state index contributed by atoms with van der Waals surface area (Å²) in [6.45, 7) is 1.87. The number of hydrogen-bond acceptors (Lipinski definition) is 7. The lowest BCUT2D eigenvalue weighted by Crippen LogP contribution is -2.41. The summed E-state index contributed by atoms with van der Waals surface area (Å²) in [6.07, 6.45) is 0. The van der Waals surface area contributed by atoms with Crippen molar-refractivity contribution in [2.45, 2.75) is 18.1 Å². The van der Waals surface area contributed by atoms with Crippen molar-refractivity contribution >= 4 is 35.0 Å². The van der Waals surface area contributed by atoms with Crippen LogP contribution in [0.4, 0.5) is 11.4 Å². The van der Waals surface area contributed by atoms with Crippen LogP contribution in [0.3, 0.4) is 0 Å². The topological polar surface area (TPSA) is 98.6 Å². The van der Waals surface area contributed by atoms with Gasteiger partial charge in [0.25, 0.3) is 5.91 Å². The van der Waals surface area contributed by atoms with Crippen molar-refractivity contribution in [1.82, 2.24) is 14.8 Å². The number of thioether (sulfide) groups is 1. The predicted molar refractivity (Wildman–Crippen MR) is 121 cm³/mol. The maximum absolute atomic E-state index is 12.6. The zero-order valence-corrected chi connectivity index (χ0v) is 18.8. The minimum Gasteiger partial charge on any atom is -0.497 e. The third kappa shape index (κ3) is 4.40. The molecular formula is C22H23N5O4S. The average molecular weight is 454 g/mol. The van der Waals surface area contributed by atoms with Gasteiger partial charge < -0.3 is 19.4 Å². The lowest BCUT2D eigenvalue weighted by Gasteiger charge is -2.33. The first-order chi connectivity index (χ1) is 15.5. The van der Waals surface area contributed by atoms with Crippen molar-refractivity contribution in [3.8, 4) is 11.5 Å². The summed E-state index contributed by atoms with van der Waals surface area (Å²) in [4.78, 5) is 26.6. The summed E-state index contributed by atoms with van der Waals surface area (Å²) in [7, 11) is 3.40. The van der Waals surface area contributed by atoms with Crippen molar-refractivity contribution in [2.24, 2.45) is 7.05 Å². The predicted octanol–water partition coefficient (Wildman–Crippen LogP) is 3.04. The lowest BCUT2D eigenvalue weighted by molar-refractivity contribution is -0.121. The minimum absolute atomic E-state index is 0.0226. The van der Waals surface area contributed by atoms with E-state index in [1.165, 1.54) is 11.8 Å². The van der Waals surface area contributed by atoms with E-state index in [4.69, 9.17) is 9.47 Å².